The topological polar surface area (TPSA) is 87.2 Å². The van der Waals surface area contributed by atoms with Gasteiger partial charge in [-0.25, -0.2) is 9.37 Å². The van der Waals surface area contributed by atoms with Crippen LogP contribution in [0.2, 0.25) is 0 Å². The van der Waals surface area contributed by atoms with Gasteiger partial charge in [0.05, 0.1) is 13.7 Å². The number of halogens is 1. The van der Waals surface area contributed by atoms with Crippen LogP contribution >= 0.6 is 11.8 Å². The number of aromatic amines is 1. The number of hydrogen-bond donors (Lipinski definition) is 3. The van der Waals surface area contributed by atoms with Gasteiger partial charge in [-0.05, 0) is 60.7 Å². The van der Waals surface area contributed by atoms with E-state index in [1.54, 1.807) is 38.1 Å². The highest BCUT2D eigenvalue weighted by atomic mass is 32.2. The van der Waals surface area contributed by atoms with Crippen molar-refractivity contribution < 1.29 is 9.13 Å². The Kier molecular flexibility index (Phi) is 8.08. The molecule has 0 aliphatic heterocycles. The minimum Gasteiger partial charge on any atom is -0.497 e. The molecule has 0 amide bonds. The van der Waals surface area contributed by atoms with Gasteiger partial charge in [0.25, 0.3) is 0 Å². The van der Waals surface area contributed by atoms with E-state index in [1.165, 1.54) is 12.1 Å². The van der Waals surface area contributed by atoms with Gasteiger partial charge in [-0.3, -0.25) is 10.1 Å². The molecule has 0 fully saturated rings. The van der Waals surface area contributed by atoms with Gasteiger partial charge >= 0.3 is 0 Å². The van der Waals surface area contributed by atoms with Crippen molar-refractivity contribution in [1.29, 1.82) is 0 Å². The van der Waals surface area contributed by atoms with Crippen molar-refractivity contribution in [3.05, 3.63) is 60.2 Å². The minimum absolute atomic E-state index is 0.209. The molecule has 1 aromatic heterocycles. The van der Waals surface area contributed by atoms with Crippen LogP contribution in [-0.2, 0) is 6.54 Å². The van der Waals surface area contributed by atoms with Crippen LogP contribution in [0.5, 0.6) is 5.75 Å². The average molecular weight is 429 g/mol. The first kappa shape index (κ1) is 21.6. The molecule has 0 spiro atoms. The monoisotopic (exact) mass is 428 g/mol. The molecule has 0 unspecified atom stereocenters. The second-order valence-electron chi connectivity index (χ2n) is 6.34. The quantitative estimate of drug-likeness (QED) is 0.209. The second-order valence-corrected chi connectivity index (χ2v) is 7.51. The standard InChI is InChI=1S/C21H25FN6OS/c1-23-21(24-12-3-13-30-18-10-6-16(22)7-11-18)25-14-19-26-20(28-27-19)15-4-8-17(29-2)9-5-15/h4-11H,3,12-14H2,1-2H3,(H2,23,24,25)(H,26,27,28). The van der Waals surface area contributed by atoms with Gasteiger partial charge in [-0.2, -0.15) is 5.10 Å². The number of guanidine groups is 1. The lowest BCUT2D eigenvalue weighted by Crippen LogP contribution is -2.37. The highest BCUT2D eigenvalue weighted by molar-refractivity contribution is 7.99. The normalized spacial score (nSPS) is 11.4. The summed E-state index contributed by atoms with van der Waals surface area (Å²) >= 11 is 1.70. The lowest BCUT2D eigenvalue weighted by Gasteiger charge is -2.10. The Morgan fingerprint density at radius 3 is 2.60 bits per heavy atom. The molecular formula is C21H25FN6OS. The molecule has 158 valence electrons. The molecule has 3 N–H and O–H groups in total. The van der Waals surface area contributed by atoms with Crippen molar-refractivity contribution >= 4 is 17.7 Å². The summed E-state index contributed by atoms with van der Waals surface area (Å²) in [4.78, 5) is 9.80. The molecule has 0 atom stereocenters. The summed E-state index contributed by atoms with van der Waals surface area (Å²) in [5, 5.41) is 13.7. The summed E-state index contributed by atoms with van der Waals surface area (Å²) in [5.74, 6) is 3.57. The second kappa shape index (κ2) is 11.2. The smallest absolute Gasteiger partial charge is 0.191 e. The fourth-order valence-electron chi connectivity index (χ4n) is 2.63. The molecule has 0 aliphatic rings. The average Bonchev–Trinajstić information content (AvgIpc) is 3.26. The summed E-state index contributed by atoms with van der Waals surface area (Å²) in [5.41, 5.74) is 0.916. The third-order valence-electron chi connectivity index (χ3n) is 4.22. The van der Waals surface area contributed by atoms with Crippen LogP contribution in [0.25, 0.3) is 11.4 Å². The van der Waals surface area contributed by atoms with E-state index in [-0.39, 0.29) is 5.82 Å². The Balaban J connectivity index is 1.38. The summed E-state index contributed by atoms with van der Waals surface area (Å²) in [7, 11) is 3.36. The van der Waals surface area contributed by atoms with Crippen molar-refractivity contribution in [2.45, 2.75) is 17.9 Å². The van der Waals surface area contributed by atoms with Crippen molar-refractivity contribution in [2.75, 3.05) is 26.5 Å². The summed E-state index contributed by atoms with van der Waals surface area (Å²) < 4.78 is 18.1. The number of aliphatic imine (C=N–C) groups is 1. The molecular weight excluding hydrogens is 403 g/mol. The first-order valence-corrected chi connectivity index (χ1v) is 10.5. The first-order valence-electron chi connectivity index (χ1n) is 9.56. The van der Waals surface area contributed by atoms with E-state index in [0.717, 1.165) is 40.8 Å². The predicted octanol–water partition coefficient (Wildman–Crippen LogP) is 3.47. The number of hydrogen-bond acceptors (Lipinski definition) is 5. The predicted molar refractivity (Wildman–Crippen MR) is 118 cm³/mol. The van der Waals surface area contributed by atoms with Gasteiger partial charge in [0.15, 0.2) is 11.8 Å². The Morgan fingerprint density at radius 1 is 1.13 bits per heavy atom. The van der Waals surface area contributed by atoms with Crippen LogP contribution in [0.1, 0.15) is 12.2 Å². The van der Waals surface area contributed by atoms with Crippen molar-refractivity contribution in [3.63, 3.8) is 0 Å². The Hall–Kier alpha value is -3.07. The Bertz CT molecular complexity index is 943. The fourth-order valence-corrected chi connectivity index (χ4v) is 3.48. The van der Waals surface area contributed by atoms with E-state index in [4.69, 9.17) is 4.74 Å². The molecule has 0 bridgehead atoms. The molecule has 30 heavy (non-hydrogen) atoms. The van der Waals surface area contributed by atoms with Gasteiger partial charge in [-0.15, -0.1) is 11.8 Å². The fraction of sp³-hybridized carbons (Fsp3) is 0.286. The number of aromatic nitrogens is 3. The van der Waals surface area contributed by atoms with E-state index in [9.17, 15) is 4.39 Å². The number of rotatable bonds is 9. The lowest BCUT2D eigenvalue weighted by molar-refractivity contribution is 0.415. The molecule has 7 nitrogen and oxygen atoms in total. The number of nitrogens with one attached hydrogen (secondary N) is 3. The number of ether oxygens (including phenoxy) is 1. The zero-order chi connectivity index (χ0) is 21.2. The van der Waals surface area contributed by atoms with Crippen LogP contribution in [0.4, 0.5) is 4.39 Å². The van der Waals surface area contributed by atoms with E-state index in [1.807, 2.05) is 24.3 Å². The minimum atomic E-state index is -0.209. The zero-order valence-electron chi connectivity index (χ0n) is 17.0. The molecule has 3 rings (SSSR count). The van der Waals surface area contributed by atoms with Crippen molar-refractivity contribution in [1.82, 2.24) is 25.8 Å². The molecule has 0 aliphatic carbocycles. The van der Waals surface area contributed by atoms with Crippen molar-refractivity contribution in [3.8, 4) is 17.1 Å². The molecule has 3 aromatic rings. The number of methoxy groups -OCH3 is 1. The molecule has 1 heterocycles. The van der Waals surface area contributed by atoms with Gasteiger partial charge < -0.3 is 15.4 Å². The number of H-pyrrole nitrogens is 1. The van der Waals surface area contributed by atoms with E-state index >= 15 is 0 Å². The van der Waals surface area contributed by atoms with Crippen LogP contribution in [0.3, 0.4) is 0 Å². The van der Waals surface area contributed by atoms with Gasteiger partial charge in [0.1, 0.15) is 17.4 Å². The highest BCUT2D eigenvalue weighted by Gasteiger charge is 2.07. The van der Waals surface area contributed by atoms with Crippen LogP contribution < -0.4 is 15.4 Å². The summed E-state index contributed by atoms with van der Waals surface area (Å²) in [6.07, 6.45) is 0.951. The van der Waals surface area contributed by atoms with Crippen molar-refractivity contribution in [2.24, 2.45) is 4.99 Å². The SMILES string of the molecule is CN=C(NCCCSc1ccc(F)cc1)NCc1nc(-c2ccc(OC)cc2)n[nH]1. The lowest BCUT2D eigenvalue weighted by atomic mass is 10.2. The maximum atomic E-state index is 12.9. The maximum absolute atomic E-state index is 12.9. The van der Waals surface area contributed by atoms with E-state index in [0.29, 0.717) is 18.3 Å². The molecule has 9 heteroatoms. The summed E-state index contributed by atoms with van der Waals surface area (Å²) in [6.45, 7) is 1.26. The largest absolute Gasteiger partial charge is 0.497 e. The number of thioether (sulfide) groups is 1. The third kappa shape index (κ3) is 6.48. The molecule has 2 aromatic carbocycles. The number of benzene rings is 2. The Morgan fingerprint density at radius 2 is 1.90 bits per heavy atom. The number of nitrogens with zero attached hydrogens (tertiary/aromatic N) is 3. The van der Waals surface area contributed by atoms with E-state index in [2.05, 4.69) is 30.8 Å². The van der Waals surface area contributed by atoms with Gasteiger partial charge in [0.2, 0.25) is 0 Å². The summed E-state index contributed by atoms with van der Waals surface area (Å²) in [6, 6.07) is 14.2. The van der Waals surface area contributed by atoms with Crippen LogP contribution in [0.15, 0.2) is 58.4 Å². The molecule has 0 saturated heterocycles. The molecule has 0 saturated carbocycles. The van der Waals surface area contributed by atoms with Gasteiger partial charge in [0, 0.05) is 24.1 Å². The Labute approximate surface area is 179 Å². The third-order valence-corrected chi connectivity index (χ3v) is 5.32. The van der Waals surface area contributed by atoms with Crippen LogP contribution in [0, 0.1) is 5.82 Å². The first-order chi connectivity index (χ1) is 14.7. The highest BCUT2D eigenvalue weighted by Crippen LogP contribution is 2.19. The maximum Gasteiger partial charge on any atom is 0.191 e. The zero-order valence-corrected chi connectivity index (χ0v) is 17.8. The molecule has 0 radical (unpaired) electrons. The van der Waals surface area contributed by atoms with Crippen LogP contribution in [-0.4, -0.2) is 47.6 Å². The van der Waals surface area contributed by atoms with E-state index < -0.39 is 0 Å². The van der Waals surface area contributed by atoms with Gasteiger partial charge in [-0.1, -0.05) is 0 Å².